The summed E-state index contributed by atoms with van der Waals surface area (Å²) in [4.78, 5) is 21.8. The van der Waals surface area contributed by atoms with Crippen molar-refractivity contribution < 1.29 is 19.4 Å². The van der Waals surface area contributed by atoms with Gasteiger partial charge in [0.05, 0.1) is 11.8 Å². The van der Waals surface area contributed by atoms with Crippen molar-refractivity contribution in [2.24, 2.45) is 0 Å². The first kappa shape index (κ1) is 19.3. The van der Waals surface area contributed by atoms with E-state index in [9.17, 15) is 14.3 Å². The Morgan fingerprint density at radius 3 is 2.30 bits per heavy atom. The Labute approximate surface area is 158 Å². The second-order valence-electron chi connectivity index (χ2n) is 6.81. The predicted molar refractivity (Wildman–Crippen MR) is 108 cm³/mol. The Balaban J connectivity index is 1.93. The molecule has 4 nitrogen and oxygen atoms in total. The maximum atomic E-state index is 13.3. The average Bonchev–Trinajstić information content (AvgIpc) is 2.65. The van der Waals surface area contributed by atoms with E-state index in [0.717, 1.165) is 21.9 Å². The number of carboxylic acid groups (broad SMARTS) is 1. The zero-order chi connectivity index (χ0) is 19.3. The van der Waals surface area contributed by atoms with Gasteiger partial charge in [0.1, 0.15) is 0 Å². The van der Waals surface area contributed by atoms with E-state index in [1.54, 1.807) is 0 Å². The molecule has 0 fully saturated rings. The summed E-state index contributed by atoms with van der Waals surface area (Å²) in [6, 6.07) is 22.9. The van der Waals surface area contributed by atoms with Gasteiger partial charge in [0.15, 0.2) is 0 Å². The second-order valence-corrected chi connectivity index (χ2v) is 9.26. The molecule has 27 heavy (non-hydrogen) atoms. The number of hydrogen-bond acceptors (Lipinski definition) is 2. The first-order valence-corrected chi connectivity index (χ1v) is 10.9. The Bertz CT molecular complexity index is 968. The molecule has 0 bridgehead atoms. The number of carboxylic acids is 1. The van der Waals surface area contributed by atoms with E-state index >= 15 is 0 Å². The Hall–Kier alpha value is -2.42. The largest absolute Gasteiger partial charge is 0.481 e. The molecule has 0 radical (unpaired) electrons. The summed E-state index contributed by atoms with van der Waals surface area (Å²) in [5, 5.41) is 11.0. The van der Waals surface area contributed by atoms with Gasteiger partial charge in [0, 0.05) is 6.42 Å². The minimum atomic E-state index is -3.58. The molecule has 0 saturated heterocycles. The van der Waals surface area contributed by atoms with Gasteiger partial charge in [-0.05, 0) is 34.7 Å². The van der Waals surface area contributed by atoms with Crippen molar-refractivity contribution in [2.45, 2.75) is 31.1 Å². The van der Waals surface area contributed by atoms with Gasteiger partial charge in [-0.1, -0.05) is 72.8 Å². The molecule has 0 heterocycles. The highest BCUT2D eigenvalue weighted by Gasteiger charge is 2.32. The van der Waals surface area contributed by atoms with Crippen LogP contribution in [0.3, 0.4) is 0 Å². The van der Waals surface area contributed by atoms with Crippen LogP contribution < -0.4 is 0 Å². The maximum absolute atomic E-state index is 13.3. The van der Waals surface area contributed by atoms with Crippen LogP contribution in [0.2, 0.25) is 0 Å². The van der Waals surface area contributed by atoms with Crippen molar-refractivity contribution in [1.82, 2.24) is 0 Å². The fraction of sp³-hybridized carbons (Fsp3) is 0.227. The molecule has 2 N–H and O–H groups in total. The molecule has 0 amide bonds. The number of rotatable bonds is 8. The van der Waals surface area contributed by atoms with E-state index in [1.165, 1.54) is 0 Å². The highest BCUT2D eigenvalue weighted by atomic mass is 31.2. The zero-order valence-electron chi connectivity index (χ0n) is 15.0. The van der Waals surface area contributed by atoms with Crippen molar-refractivity contribution in [3.05, 3.63) is 83.9 Å². The lowest BCUT2D eigenvalue weighted by molar-refractivity contribution is -0.137. The van der Waals surface area contributed by atoms with Crippen molar-refractivity contribution >= 4 is 24.1 Å². The summed E-state index contributed by atoms with van der Waals surface area (Å²) in [5.41, 5.74) is 1.02. The van der Waals surface area contributed by atoms with Crippen LogP contribution in [0, 0.1) is 0 Å². The minimum absolute atomic E-state index is 0.00455. The van der Waals surface area contributed by atoms with Crippen molar-refractivity contribution in [1.29, 1.82) is 0 Å². The fourth-order valence-corrected chi connectivity index (χ4v) is 5.59. The summed E-state index contributed by atoms with van der Waals surface area (Å²) in [7, 11) is -3.58. The molecule has 0 saturated carbocycles. The quantitative estimate of drug-likeness (QED) is 0.497. The number of fused-ring (bicyclic) bond motifs is 1. The minimum Gasteiger partial charge on any atom is -0.481 e. The Morgan fingerprint density at radius 2 is 1.59 bits per heavy atom. The van der Waals surface area contributed by atoms with Crippen LogP contribution in [0.15, 0.2) is 72.8 Å². The second kappa shape index (κ2) is 8.51. The van der Waals surface area contributed by atoms with Gasteiger partial charge in [0.2, 0.25) is 7.37 Å². The molecule has 2 atom stereocenters. The molecule has 0 aliphatic rings. The van der Waals surface area contributed by atoms with Crippen molar-refractivity contribution in [2.75, 3.05) is 0 Å². The zero-order valence-corrected chi connectivity index (χ0v) is 15.9. The number of carbonyl (C=O) groups is 1. The predicted octanol–water partition coefficient (Wildman–Crippen LogP) is 5.61. The van der Waals surface area contributed by atoms with Gasteiger partial charge in [-0.25, -0.2) is 0 Å². The van der Waals surface area contributed by atoms with Gasteiger partial charge in [-0.2, -0.15) is 0 Å². The smallest absolute Gasteiger partial charge is 0.303 e. The third kappa shape index (κ3) is 5.06. The molecule has 140 valence electrons. The lowest BCUT2D eigenvalue weighted by atomic mass is 10.0. The van der Waals surface area contributed by atoms with E-state index in [-0.39, 0.29) is 12.6 Å². The summed E-state index contributed by atoms with van der Waals surface area (Å²) in [6.07, 6.45) is 0.811. The first-order valence-electron chi connectivity index (χ1n) is 9.01. The van der Waals surface area contributed by atoms with Crippen molar-refractivity contribution in [3.8, 4) is 0 Å². The Kier molecular flexibility index (Phi) is 6.10. The fourth-order valence-electron chi connectivity index (χ4n) is 3.42. The van der Waals surface area contributed by atoms with Crippen LogP contribution in [-0.4, -0.2) is 16.0 Å². The molecular weight excluding hydrogens is 359 g/mol. The number of hydrogen-bond donors (Lipinski definition) is 2. The van der Waals surface area contributed by atoms with E-state index in [2.05, 4.69) is 0 Å². The average molecular weight is 382 g/mol. The monoisotopic (exact) mass is 382 g/mol. The molecular formula is C22H23O4P. The van der Waals surface area contributed by atoms with E-state index in [4.69, 9.17) is 5.11 Å². The van der Waals surface area contributed by atoms with Crippen LogP contribution in [0.5, 0.6) is 0 Å². The highest BCUT2D eigenvalue weighted by Crippen LogP contribution is 2.60. The SMILES string of the molecule is O=C(O)CCCC(c1ccc2ccccc2c1)P(=O)(O)Cc1ccccc1. The van der Waals surface area contributed by atoms with E-state index < -0.39 is 19.0 Å². The summed E-state index contributed by atoms with van der Waals surface area (Å²) in [6.45, 7) is 0. The van der Waals surface area contributed by atoms with Gasteiger partial charge >= 0.3 is 5.97 Å². The maximum Gasteiger partial charge on any atom is 0.303 e. The summed E-state index contributed by atoms with van der Waals surface area (Å²) < 4.78 is 13.3. The van der Waals surface area contributed by atoms with Crippen LogP contribution in [-0.2, 0) is 15.5 Å². The molecule has 3 rings (SSSR count). The first-order chi connectivity index (χ1) is 13.0. The Morgan fingerprint density at radius 1 is 0.926 bits per heavy atom. The third-order valence-electron chi connectivity index (χ3n) is 4.77. The van der Waals surface area contributed by atoms with Crippen LogP contribution in [0.4, 0.5) is 0 Å². The molecule has 3 aromatic rings. The van der Waals surface area contributed by atoms with Gasteiger partial charge in [-0.3, -0.25) is 9.36 Å². The van der Waals surface area contributed by atoms with Crippen molar-refractivity contribution in [3.63, 3.8) is 0 Å². The molecule has 2 unspecified atom stereocenters. The molecule has 5 heteroatoms. The number of aliphatic carboxylic acids is 1. The van der Waals surface area contributed by atoms with Gasteiger partial charge < -0.3 is 10.00 Å². The highest BCUT2D eigenvalue weighted by molar-refractivity contribution is 7.57. The van der Waals surface area contributed by atoms with Crippen LogP contribution in [0.1, 0.15) is 36.0 Å². The van der Waals surface area contributed by atoms with Gasteiger partial charge in [0.25, 0.3) is 0 Å². The summed E-state index contributed by atoms with van der Waals surface area (Å²) >= 11 is 0. The topological polar surface area (TPSA) is 74.6 Å². The molecule has 0 aliphatic heterocycles. The molecule has 0 spiro atoms. The normalized spacial score (nSPS) is 14.6. The van der Waals surface area contributed by atoms with Crippen LogP contribution >= 0.6 is 7.37 Å². The number of benzene rings is 3. The van der Waals surface area contributed by atoms with E-state index in [0.29, 0.717) is 12.8 Å². The standard InChI is InChI=1S/C22H23O4P/c23-22(24)12-6-11-21(27(25,26)16-17-7-2-1-3-8-17)20-14-13-18-9-4-5-10-19(18)15-20/h1-5,7-10,13-15,21H,6,11-12,16H2,(H,23,24)(H,25,26). The van der Waals surface area contributed by atoms with Gasteiger partial charge in [-0.15, -0.1) is 0 Å². The van der Waals surface area contributed by atoms with Crippen LogP contribution in [0.25, 0.3) is 10.8 Å². The molecule has 0 aromatic heterocycles. The van der Waals surface area contributed by atoms with E-state index in [1.807, 2.05) is 72.8 Å². The molecule has 0 aliphatic carbocycles. The lowest BCUT2D eigenvalue weighted by Crippen LogP contribution is -2.05. The summed E-state index contributed by atoms with van der Waals surface area (Å²) in [5.74, 6) is -0.886. The molecule has 3 aromatic carbocycles. The third-order valence-corrected chi connectivity index (χ3v) is 7.11. The lowest BCUT2D eigenvalue weighted by Gasteiger charge is -2.24.